The molecule has 0 saturated carbocycles. The maximum Gasteiger partial charge on any atom is 0.168 e. The summed E-state index contributed by atoms with van der Waals surface area (Å²) >= 11 is 0. The minimum absolute atomic E-state index is 0.0363. The van der Waals surface area contributed by atoms with Crippen LogP contribution in [0.3, 0.4) is 0 Å². The number of anilines is 2. The Kier molecular flexibility index (Phi) is 3.99. The third-order valence-electron chi connectivity index (χ3n) is 2.74. The van der Waals surface area contributed by atoms with Crippen LogP contribution in [0.2, 0.25) is 0 Å². The fourth-order valence-corrected chi connectivity index (χ4v) is 1.70. The van der Waals surface area contributed by atoms with E-state index in [-0.39, 0.29) is 17.7 Å². The predicted octanol–water partition coefficient (Wildman–Crippen LogP) is 2.97. The highest BCUT2D eigenvalue weighted by atomic mass is 19.1. The summed E-state index contributed by atoms with van der Waals surface area (Å²) in [6.45, 7) is 1.88. The summed E-state index contributed by atoms with van der Waals surface area (Å²) in [5.74, 6) is -1.10. The van der Waals surface area contributed by atoms with Gasteiger partial charge in [-0.25, -0.2) is 13.8 Å². The Morgan fingerprint density at radius 1 is 1.42 bits per heavy atom. The lowest BCUT2D eigenvalue weighted by Gasteiger charge is -2.14. The van der Waals surface area contributed by atoms with Gasteiger partial charge in [0.1, 0.15) is 5.76 Å². The van der Waals surface area contributed by atoms with Gasteiger partial charge in [-0.3, -0.25) is 0 Å². The number of nitrogen functional groups attached to an aromatic ring is 1. The Hall–Kier alpha value is -2.11. The van der Waals surface area contributed by atoms with Crippen molar-refractivity contribution in [2.75, 3.05) is 11.1 Å². The van der Waals surface area contributed by atoms with E-state index in [0.29, 0.717) is 0 Å². The van der Waals surface area contributed by atoms with Crippen molar-refractivity contribution in [3.63, 3.8) is 0 Å². The summed E-state index contributed by atoms with van der Waals surface area (Å²) in [5.41, 5.74) is 5.31. The fourth-order valence-electron chi connectivity index (χ4n) is 1.70. The quantitative estimate of drug-likeness (QED) is 0.874. The van der Waals surface area contributed by atoms with Crippen LogP contribution in [0.5, 0.6) is 0 Å². The smallest absolute Gasteiger partial charge is 0.168 e. The standard InChI is InChI=1S/C13H15F2N3O/c1-8(4-5-9-3-2-6-19-9)17-13-11(15)7-10(14)12(16)18-13/h2-3,6-8H,4-5H2,1H3,(H3,16,17,18). The maximum absolute atomic E-state index is 13.5. The van der Waals surface area contributed by atoms with Gasteiger partial charge in [-0.2, -0.15) is 0 Å². The molecule has 0 aromatic carbocycles. The second-order valence-electron chi connectivity index (χ2n) is 4.35. The van der Waals surface area contributed by atoms with E-state index < -0.39 is 11.6 Å². The first-order valence-corrected chi connectivity index (χ1v) is 5.96. The Morgan fingerprint density at radius 3 is 2.89 bits per heavy atom. The summed E-state index contributed by atoms with van der Waals surface area (Å²) in [4.78, 5) is 3.65. The molecule has 0 aliphatic heterocycles. The van der Waals surface area contributed by atoms with Crippen LogP contribution in [-0.4, -0.2) is 11.0 Å². The molecule has 0 spiro atoms. The lowest BCUT2D eigenvalue weighted by Crippen LogP contribution is -2.18. The molecule has 6 heteroatoms. The first-order chi connectivity index (χ1) is 9.06. The molecule has 0 fully saturated rings. The summed E-state index contributed by atoms with van der Waals surface area (Å²) in [6.07, 6.45) is 3.06. The number of nitrogens with two attached hydrogens (primary N) is 1. The lowest BCUT2D eigenvalue weighted by atomic mass is 10.1. The van der Waals surface area contributed by atoms with Crippen LogP contribution < -0.4 is 11.1 Å². The number of pyridine rings is 1. The van der Waals surface area contributed by atoms with Gasteiger partial charge in [0.2, 0.25) is 0 Å². The molecule has 0 amide bonds. The van der Waals surface area contributed by atoms with Crippen LogP contribution >= 0.6 is 0 Å². The molecule has 0 aliphatic carbocycles. The van der Waals surface area contributed by atoms with E-state index in [4.69, 9.17) is 10.2 Å². The van der Waals surface area contributed by atoms with Gasteiger partial charge in [-0.15, -0.1) is 0 Å². The molecule has 2 rings (SSSR count). The Morgan fingerprint density at radius 2 is 2.21 bits per heavy atom. The molecule has 19 heavy (non-hydrogen) atoms. The van der Waals surface area contributed by atoms with E-state index in [0.717, 1.165) is 24.7 Å². The first-order valence-electron chi connectivity index (χ1n) is 5.96. The number of aromatic nitrogens is 1. The molecule has 2 aromatic rings. The molecule has 0 aliphatic rings. The third-order valence-corrected chi connectivity index (χ3v) is 2.74. The highest BCUT2D eigenvalue weighted by molar-refractivity contribution is 5.45. The topological polar surface area (TPSA) is 64.1 Å². The van der Waals surface area contributed by atoms with E-state index in [1.165, 1.54) is 0 Å². The van der Waals surface area contributed by atoms with E-state index in [1.807, 2.05) is 19.1 Å². The molecule has 0 radical (unpaired) electrons. The monoisotopic (exact) mass is 267 g/mol. The zero-order chi connectivity index (χ0) is 13.8. The average Bonchev–Trinajstić information content (AvgIpc) is 2.86. The van der Waals surface area contributed by atoms with Crippen molar-refractivity contribution >= 4 is 11.6 Å². The number of nitrogens with zero attached hydrogens (tertiary/aromatic N) is 1. The fraction of sp³-hybridized carbons (Fsp3) is 0.308. The largest absolute Gasteiger partial charge is 0.469 e. The van der Waals surface area contributed by atoms with E-state index in [9.17, 15) is 8.78 Å². The normalized spacial score (nSPS) is 12.4. The molecule has 1 atom stereocenters. The van der Waals surface area contributed by atoms with Gasteiger partial charge in [0.05, 0.1) is 6.26 Å². The van der Waals surface area contributed by atoms with Crippen LogP contribution in [0, 0.1) is 11.6 Å². The molecule has 0 saturated heterocycles. The Balaban J connectivity index is 1.95. The summed E-state index contributed by atoms with van der Waals surface area (Å²) in [6, 6.07) is 4.37. The SMILES string of the molecule is CC(CCc1ccco1)Nc1nc(N)c(F)cc1F. The van der Waals surface area contributed by atoms with Gasteiger partial charge in [0.15, 0.2) is 23.3 Å². The van der Waals surface area contributed by atoms with Crippen LogP contribution in [0.15, 0.2) is 28.9 Å². The molecule has 3 N–H and O–H groups in total. The number of furan rings is 1. The van der Waals surface area contributed by atoms with E-state index in [2.05, 4.69) is 10.3 Å². The van der Waals surface area contributed by atoms with E-state index in [1.54, 1.807) is 6.26 Å². The van der Waals surface area contributed by atoms with Gasteiger partial charge in [-0.05, 0) is 25.5 Å². The van der Waals surface area contributed by atoms with Crippen molar-refractivity contribution < 1.29 is 13.2 Å². The molecule has 4 nitrogen and oxygen atoms in total. The van der Waals surface area contributed by atoms with Crippen LogP contribution in [0.1, 0.15) is 19.1 Å². The molecule has 1 unspecified atom stereocenters. The highest BCUT2D eigenvalue weighted by Crippen LogP contribution is 2.18. The third kappa shape index (κ3) is 3.43. The lowest BCUT2D eigenvalue weighted by molar-refractivity contribution is 0.494. The summed E-state index contributed by atoms with van der Waals surface area (Å²) in [7, 11) is 0. The molecule has 2 aromatic heterocycles. The second-order valence-corrected chi connectivity index (χ2v) is 4.35. The van der Waals surface area contributed by atoms with Gasteiger partial charge in [0.25, 0.3) is 0 Å². The molecule has 2 heterocycles. The highest BCUT2D eigenvalue weighted by Gasteiger charge is 2.12. The van der Waals surface area contributed by atoms with Crippen molar-refractivity contribution in [3.05, 3.63) is 41.9 Å². The Bertz CT molecular complexity index is 543. The van der Waals surface area contributed by atoms with Crippen molar-refractivity contribution in [3.8, 4) is 0 Å². The molecule has 0 bridgehead atoms. The zero-order valence-corrected chi connectivity index (χ0v) is 10.5. The number of hydrogen-bond acceptors (Lipinski definition) is 4. The number of nitrogens with one attached hydrogen (secondary N) is 1. The number of hydrogen-bond donors (Lipinski definition) is 2. The number of aryl methyl sites for hydroxylation is 1. The van der Waals surface area contributed by atoms with Crippen molar-refractivity contribution in [1.82, 2.24) is 4.98 Å². The van der Waals surface area contributed by atoms with Crippen LogP contribution in [-0.2, 0) is 6.42 Å². The minimum Gasteiger partial charge on any atom is -0.469 e. The van der Waals surface area contributed by atoms with Gasteiger partial charge in [-0.1, -0.05) is 0 Å². The average molecular weight is 267 g/mol. The molecular formula is C13H15F2N3O. The minimum atomic E-state index is -0.855. The van der Waals surface area contributed by atoms with Gasteiger partial charge in [0, 0.05) is 18.5 Å². The second kappa shape index (κ2) is 5.69. The van der Waals surface area contributed by atoms with Gasteiger partial charge < -0.3 is 15.5 Å². The number of halogens is 2. The number of rotatable bonds is 5. The Labute approximate surface area is 109 Å². The maximum atomic E-state index is 13.5. The summed E-state index contributed by atoms with van der Waals surface area (Å²) in [5, 5.41) is 2.87. The van der Waals surface area contributed by atoms with Crippen molar-refractivity contribution in [2.45, 2.75) is 25.8 Å². The predicted molar refractivity (Wildman–Crippen MR) is 68.7 cm³/mol. The summed E-state index contributed by atoms with van der Waals surface area (Å²) < 4.78 is 31.6. The van der Waals surface area contributed by atoms with Crippen LogP contribution in [0.25, 0.3) is 0 Å². The van der Waals surface area contributed by atoms with Crippen molar-refractivity contribution in [1.29, 1.82) is 0 Å². The molecule has 102 valence electrons. The van der Waals surface area contributed by atoms with Gasteiger partial charge >= 0.3 is 0 Å². The van der Waals surface area contributed by atoms with E-state index >= 15 is 0 Å². The zero-order valence-electron chi connectivity index (χ0n) is 10.5. The molecular weight excluding hydrogens is 252 g/mol. The van der Waals surface area contributed by atoms with Crippen molar-refractivity contribution in [2.24, 2.45) is 0 Å². The first kappa shape index (κ1) is 13.3. The van der Waals surface area contributed by atoms with Crippen LogP contribution in [0.4, 0.5) is 20.4 Å².